The molecule has 0 aliphatic carbocycles. The van der Waals surface area contributed by atoms with Crippen LogP contribution in [0.25, 0.3) is 10.9 Å². The molecule has 9 heteroatoms. The largest absolute Gasteiger partial charge is 0.465 e. The van der Waals surface area contributed by atoms with Crippen LogP contribution in [0.3, 0.4) is 0 Å². The first-order valence-corrected chi connectivity index (χ1v) is 14.0. The summed E-state index contributed by atoms with van der Waals surface area (Å²) in [5, 5.41) is 13.1. The summed E-state index contributed by atoms with van der Waals surface area (Å²) in [4.78, 5) is 46.3. The number of anilines is 1. The quantitative estimate of drug-likeness (QED) is 0.259. The van der Waals surface area contributed by atoms with E-state index in [0.29, 0.717) is 36.0 Å². The molecule has 0 saturated carbocycles. The Hall–Kier alpha value is -4.66. The molecule has 0 aliphatic rings. The van der Waals surface area contributed by atoms with Crippen molar-refractivity contribution in [2.24, 2.45) is 0 Å². The van der Waals surface area contributed by atoms with Gasteiger partial charge in [0.25, 0.3) is 6.01 Å². The fraction of sp³-hybridized carbons (Fsp3) is 0.333. The predicted octanol–water partition coefficient (Wildman–Crippen LogP) is 5.50. The molecule has 3 aromatic carbocycles. The zero-order valence-electron chi connectivity index (χ0n) is 24.8. The number of hydrogen-bond acceptors (Lipinski definition) is 6. The van der Waals surface area contributed by atoms with Crippen LogP contribution in [0.4, 0.5) is 10.8 Å². The van der Waals surface area contributed by atoms with Crippen molar-refractivity contribution in [2.45, 2.75) is 58.7 Å². The Morgan fingerprint density at radius 1 is 0.976 bits per heavy atom. The number of likely N-dealkylation sites (N-methyl/N-ethyl adjacent to an activating group) is 1. The molecule has 2 N–H and O–H groups in total. The summed E-state index contributed by atoms with van der Waals surface area (Å²) in [6.07, 6.45) is 0.0318. The highest BCUT2D eigenvalue weighted by Crippen LogP contribution is 2.24. The van der Waals surface area contributed by atoms with E-state index in [0.717, 1.165) is 11.1 Å². The van der Waals surface area contributed by atoms with Gasteiger partial charge in [-0.05, 0) is 62.4 Å². The van der Waals surface area contributed by atoms with Gasteiger partial charge in [-0.25, -0.2) is 9.59 Å². The van der Waals surface area contributed by atoms with Crippen LogP contribution in [0.5, 0.6) is 0 Å². The van der Waals surface area contributed by atoms with Gasteiger partial charge in [-0.3, -0.25) is 9.69 Å². The fourth-order valence-electron chi connectivity index (χ4n) is 4.87. The molecule has 2 amide bonds. The molecular weight excluding hydrogens is 532 g/mol. The molecule has 9 nitrogen and oxygen atoms in total. The minimum absolute atomic E-state index is 0.0488. The van der Waals surface area contributed by atoms with Gasteiger partial charge in [0.2, 0.25) is 5.91 Å². The molecule has 1 heterocycles. The van der Waals surface area contributed by atoms with Crippen LogP contribution >= 0.6 is 0 Å². The summed E-state index contributed by atoms with van der Waals surface area (Å²) in [5.41, 5.74) is 2.54. The van der Waals surface area contributed by atoms with Crippen molar-refractivity contribution in [3.63, 3.8) is 0 Å². The lowest BCUT2D eigenvalue weighted by molar-refractivity contribution is -0.130. The van der Waals surface area contributed by atoms with Crippen molar-refractivity contribution < 1.29 is 19.1 Å². The Morgan fingerprint density at radius 3 is 2.19 bits per heavy atom. The van der Waals surface area contributed by atoms with Crippen molar-refractivity contribution in [2.75, 3.05) is 18.9 Å². The second kappa shape index (κ2) is 12.9. The number of nitrogens with zero attached hydrogens (tertiary/aromatic N) is 3. The molecule has 42 heavy (non-hydrogen) atoms. The average molecular weight is 571 g/mol. The topological polar surface area (TPSA) is 116 Å². The normalized spacial score (nSPS) is 12.1. The lowest BCUT2D eigenvalue weighted by Crippen LogP contribution is -2.44. The van der Waals surface area contributed by atoms with E-state index in [9.17, 15) is 19.5 Å². The number of amides is 2. The van der Waals surface area contributed by atoms with Crippen LogP contribution in [0.2, 0.25) is 0 Å². The van der Waals surface area contributed by atoms with Crippen LogP contribution in [-0.2, 0) is 24.2 Å². The molecule has 4 aromatic rings. The van der Waals surface area contributed by atoms with Crippen molar-refractivity contribution >= 4 is 28.9 Å². The number of nitrogens with one attached hydrogen (secondary N) is 1. The van der Waals surface area contributed by atoms with Gasteiger partial charge in [0.15, 0.2) is 0 Å². The molecule has 0 saturated heterocycles. The second-order valence-electron chi connectivity index (χ2n) is 11.5. The maximum atomic E-state index is 13.6. The van der Waals surface area contributed by atoms with Crippen LogP contribution in [0, 0.1) is 6.92 Å². The van der Waals surface area contributed by atoms with Gasteiger partial charge in [0, 0.05) is 32.1 Å². The number of carbonyl (C=O) groups excluding carboxylic acids is 1. The van der Waals surface area contributed by atoms with Crippen LogP contribution in [-0.4, -0.2) is 57.1 Å². The lowest BCUT2D eigenvalue weighted by atomic mass is 10.0. The number of aromatic nitrogens is 1. The summed E-state index contributed by atoms with van der Waals surface area (Å²) < 4.78 is 5.60. The summed E-state index contributed by atoms with van der Waals surface area (Å²) in [6.45, 7) is 7.85. The molecule has 0 unspecified atom stereocenters. The zero-order chi connectivity index (χ0) is 30.4. The number of rotatable bonds is 10. The smallest absolute Gasteiger partial charge is 0.408 e. The van der Waals surface area contributed by atoms with Gasteiger partial charge in [-0.15, -0.1) is 0 Å². The van der Waals surface area contributed by atoms with Gasteiger partial charge >= 0.3 is 11.7 Å². The highest BCUT2D eigenvalue weighted by Gasteiger charge is 2.28. The lowest BCUT2D eigenvalue weighted by Gasteiger charge is -2.33. The Balaban J connectivity index is 1.61. The molecule has 1 aromatic heterocycles. The predicted molar refractivity (Wildman–Crippen MR) is 164 cm³/mol. The monoisotopic (exact) mass is 570 g/mol. The third-order valence-electron chi connectivity index (χ3n) is 7.37. The van der Waals surface area contributed by atoms with E-state index in [1.54, 1.807) is 31.0 Å². The van der Waals surface area contributed by atoms with Gasteiger partial charge in [0.05, 0.1) is 10.9 Å². The molecule has 220 valence electrons. The average Bonchev–Trinajstić information content (AvgIpc) is 2.95. The molecule has 0 bridgehead atoms. The molecule has 0 spiro atoms. The number of fused-ring (bicyclic) bond motifs is 1. The van der Waals surface area contributed by atoms with E-state index in [1.165, 1.54) is 4.90 Å². The summed E-state index contributed by atoms with van der Waals surface area (Å²) >= 11 is 0. The van der Waals surface area contributed by atoms with E-state index in [2.05, 4.69) is 10.3 Å². The third-order valence-corrected chi connectivity index (χ3v) is 7.37. The van der Waals surface area contributed by atoms with E-state index < -0.39 is 23.3 Å². The Bertz CT molecular complexity index is 1600. The van der Waals surface area contributed by atoms with E-state index >= 15 is 0 Å². The van der Waals surface area contributed by atoms with E-state index in [-0.39, 0.29) is 23.9 Å². The van der Waals surface area contributed by atoms with Crippen LogP contribution < -0.4 is 10.9 Å². The Kier molecular flexibility index (Phi) is 9.30. The van der Waals surface area contributed by atoms with Crippen molar-refractivity contribution in [1.29, 1.82) is 0 Å². The minimum atomic E-state index is -1.05. The molecule has 4 rings (SSSR count). The van der Waals surface area contributed by atoms with Gasteiger partial charge in [-0.1, -0.05) is 66.7 Å². The number of hydrogen-bond donors (Lipinski definition) is 2. The molecule has 0 fully saturated rings. The second-order valence-corrected chi connectivity index (χ2v) is 11.5. The van der Waals surface area contributed by atoms with Gasteiger partial charge in [0.1, 0.15) is 6.04 Å². The number of carboxylic acid groups (broad SMARTS) is 1. The van der Waals surface area contributed by atoms with Gasteiger partial charge in [-0.2, -0.15) is 4.98 Å². The van der Waals surface area contributed by atoms with Crippen molar-refractivity contribution in [3.8, 4) is 0 Å². The van der Waals surface area contributed by atoms with E-state index in [1.807, 2.05) is 81.4 Å². The first-order valence-electron chi connectivity index (χ1n) is 14.0. The van der Waals surface area contributed by atoms with Gasteiger partial charge < -0.3 is 19.7 Å². The van der Waals surface area contributed by atoms with Crippen LogP contribution in [0.15, 0.2) is 82.0 Å². The highest BCUT2D eigenvalue weighted by molar-refractivity contribution is 5.85. The molecule has 0 radical (unpaired) electrons. The third kappa shape index (κ3) is 7.34. The SMILES string of the molecule is Cc1c(CN(C(=O)O)C(C)(C)C)ccc2nc(N[C@@H](Cc3ccccc3)C(=O)N(C)CCc3ccccc3)oc(=O)c12. The number of benzene rings is 3. The van der Waals surface area contributed by atoms with Crippen molar-refractivity contribution in [3.05, 3.63) is 105 Å². The van der Waals surface area contributed by atoms with E-state index in [4.69, 9.17) is 4.42 Å². The maximum absolute atomic E-state index is 13.6. The van der Waals surface area contributed by atoms with Crippen LogP contribution in [0.1, 0.15) is 43.0 Å². The highest BCUT2D eigenvalue weighted by atomic mass is 16.4. The summed E-state index contributed by atoms with van der Waals surface area (Å²) in [7, 11) is 1.76. The Labute approximate surface area is 245 Å². The fourth-order valence-corrected chi connectivity index (χ4v) is 4.87. The number of carbonyl (C=O) groups is 2. The zero-order valence-corrected chi connectivity index (χ0v) is 24.8. The molecule has 0 aliphatic heterocycles. The first-order chi connectivity index (χ1) is 19.9. The molecular formula is C33H38N4O5. The summed E-state index contributed by atoms with van der Waals surface area (Å²) in [6, 6.07) is 22.3. The summed E-state index contributed by atoms with van der Waals surface area (Å²) in [5.74, 6) is -0.151. The Morgan fingerprint density at radius 2 is 1.60 bits per heavy atom. The maximum Gasteiger partial charge on any atom is 0.408 e. The van der Waals surface area contributed by atoms with Crippen molar-refractivity contribution in [1.82, 2.24) is 14.8 Å². The first kappa shape index (κ1) is 30.3. The number of aryl methyl sites for hydroxylation is 1. The standard InChI is InChI=1S/C33H38N4O5/c1-22-25(21-37(32(40)41)33(2,3)4)16-17-26-28(22)30(39)42-31(34-26)35-27(20-24-14-10-7-11-15-24)29(38)36(5)19-18-23-12-8-6-9-13-23/h6-17,27H,18-21H2,1-5H3,(H,34,35)(H,40,41)/t27-/m0/s1. The minimum Gasteiger partial charge on any atom is -0.465 e. The molecule has 1 atom stereocenters.